The molecule has 210 valence electrons. The third-order valence-corrected chi connectivity index (χ3v) is 6.45. The molecule has 1 saturated heterocycles. The Bertz CT molecular complexity index is 1410. The van der Waals surface area contributed by atoms with Crippen molar-refractivity contribution in [3.05, 3.63) is 41.2 Å². The van der Waals surface area contributed by atoms with E-state index in [2.05, 4.69) is 32.7 Å². The highest BCUT2D eigenvalue weighted by Gasteiger charge is 2.32. The average Bonchev–Trinajstić information content (AvgIpc) is 3.38. The number of nitrogens with zero attached hydrogens (tertiary/aromatic N) is 5. The molecule has 0 aliphatic carbocycles. The van der Waals surface area contributed by atoms with Crippen molar-refractivity contribution in [3.63, 3.8) is 0 Å². The highest BCUT2D eigenvalue weighted by molar-refractivity contribution is 5.98. The third kappa shape index (κ3) is 6.44. The molecule has 1 aliphatic rings. The summed E-state index contributed by atoms with van der Waals surface area (Å²) in [6.07, 6.45) is -4.99. The van der Waals surface area contributed by atoms with Crippen molar-refractivity contribution in [2.24, 2.45) is 0 Å². The summed E-state index contributed by atoms with van der Waals surface area (Å²) in [5.74, 6) is 5.41. The van der Waals surface area contributed by atoms with Crippen LogP contribution < -0.4 is 16.4 Å². The minimum atomic E-state index is -4.50. The molecule has 2 atom stereocenters. The number of piperidine rings is 1. The standard InChI is InChI=1S/C26H32F4N8O/c1-25(2,3)38-23(31)17(14-33-38)24(39)32-11-6-7-19-16(13-26(28,29)30)21-8-5-9-22(37(21)35-19)34-20-10-12-36(4)15-18(20)27/h5,8-9,14,18,20,34H,10-13,15,31H2,1-4H3,(H,32,39)/t18-,20+/m0/s1. The van der Waals surface area contributed by atoms with Gasteiger partial charge in [0.25, 0.3) is 5.91 Å². The van der Waals surface area contributed by atoms with Gasteiger partial charge in [-0.15, -0.1) is 0 Å². The first-order valence-electron chi connectivity index (χ1n) is 12.5. The smallest absolute Gasteiger partial charge is 0.383 e. The van der Waals surface area contributed by atoms with Crippen molar-refractivity contribution >= 4 is 23.1 Å². The van der Waals surface area contributed by atoms with E-state index in [0.717, 1.165) is 0 Å². The molecule has 3 aromatic heterocycles. The molecule has 0 spiro atoms. The van der Waals surface area contributed by atoms with Crippen LogP contribution in [0.15, 0.2) is 24.4 Å². The van der Waals surface area contributed by atoms with E-state index >= 15 is 0 Å². The first-order valence-corrected chi connectivity index (χ1v) is 12.5. The Morgan fingerprint density at radius 3 is 2.64 bits per heavy atom. The fourth-order valence-electron chi connectivity index (χ4n) is 4.53. The maximum atomic E-state index is 14.6. The normalized spacial score (nSPS) is 18.6. The van der Waals surface area contributed by atoms with E-state index in [-0.39, 0.29) is 41.2 Å². The number of carbonyl (C=O) groups excluding carboxylic acids is 1. The molecule has 9 nitrogen and oxygen atoms in total. The number of alkyl halides is 4. The van der Waals surface area contributed by atoms with Gasteiger partial charge in [-0.05, 0) is 52.3 Å². The van der Waals surface area contributed by atoms with Crippen molar-refractivity contribution in [2.75, 3.05) is 37.7 Å². The number of rotatable bonds is 5. The van der Waals surface area contributed by atoms with Crippen LogP contribution in [0.3, 0.4) is 0 Å². The molecular formula is C26H32F4N8O. The van der Waals surface area contributed by atoms with Crippen LogP contribution in [0.2, 0.25) is 0 Å². The Labute approximate surface area is 223 Å². The average molecular weight is 549 g/mol. The summed E-state index contributed by atoms with van der Waals surface area (Å²) in [6.45, 7) is 6.47. The SMILES string of the molecule is CN1CC[C@@H](Nc2cccc3c(CC(F)(F)F)c(C#CCNC(=O)c4cnn(C(C)(C)C)c4N)nn23)[C@@H](F)C1. The molecule has 4 heterocycles. The van der Waals surface area contributed by atoms with Crippen LogP contribution in [0.5, 0.6) is 0 Å². The number of fused-ring (bicyclic) bond motifs is 1. The largest absolute Gasteiger partial charge is 0.393 e. The summed E-state index contributed by atoms with van der Waals surface area (Å²) in [4.78, 5) is 14.5. The Morgan fingerprint density at radius 1 is 1.26 bits per heavy atom. The first-order chi connectivity index (χ1) is 18.2. The molecule has 0 saturated carbocycles. The lowest BCUT2D eigenvalue weighted by Gasteiger charge is -2.33. The molecule has 39 heavy (non-hydrogen) atoms. The number of hydrogen-bond donors (Lipinski definition) is 3. The third-order valence-electron chi connectivity index (χ3n) is 6.45. The summed E-state index contributed by atoms with van der Waals surface area (Å²) in [5, 5.41) is 14.2. The fourth-order valence-corrected chi connectivity index (χ4v) is 4.53. The van der Waals surface area contributed by atoms with Crippen LogP contribution in [-0.4, -0.2) is 75.3 Å². The summed E-state index contributed by atoms with van der Waals surface area (Å²) in [5.41, 5.74) is 5.86. The van der Waals surface area contributed by atoms with Gasteiger partial charge < -0.3 is 21.3 Å². The molecule has 1 fully saturated rings. The van der Waals surface area contributed by atoms with E-state index in [1.807, 2.05) is 32.7 Å². The molecule has 1 aliphatic heterocycles. The van der Waals surface area contributed by atoms with Crippen LogP contribution in [0, 0.1) is 11.8 Å². The molecule has 0 radical (unpaired) electrons. The number of hydrogen-bond acceptors (Lipinski definition) is 6. The van der Waals surface area contributed by atoms with Gasteiger partial charge in [-0.3, -0.25) is 4.79 Å². The molecule has 4 N–H and O–H groups in total. The minimum absolute atomic E-state index is 0.0731. The number of nitrogen functional groups attached to an aromatic ring is 1. The first kappa shape index (κ1) is 28.2. The van der Waals surface area contributed by atoms with Crippen LogP contribution in [0.1, 0.15) is 48.8 Å². The van der Waals surface area contributed by atoms with Gasteiger partial charge in [-0.2, -0.15) is 23.4 Å². The van der Waals surface area contributed by atoms with Crippen molar-refractivity contribution < 1.29 is 22.4 Å². The zero-order valence-corrected chi connectivity index (χ0v) is 22.2. The van der Waals surface area contributed by atoms with Gasteiger partial charge in [-0.25, -0.2) is 13.6 Å². The van der Waals surface area contributed by atoms with Gasteiger partial charge in [0, 0.05) is 18.7 Å². The van der Waals surface area contributed by atoms with Gasteiger partial charge >= 0.3 is 6.18 Å². The number of amides is 1. The summed E-state index contributed by atoms with van der Waals surface area (Å²) < 4.78 is 57.9. The predicted octanol–water partition coefficient (Wildman–Crippen LogP) is 3.21. The maximum absolute atomic E-state index is 14.6. The number of halogens is 4. The summed E-state index contributed by atoms with van der Waals surface area (Å²) >= 11 is 0. The van der Waals surface area contributed by atoms with Gasteiger partial charge in [0.05, 0.1) is 36.3 Å². The van der Waals surface area contributed by atoms with E-state index in [1.54, 1.807) is 12.1 Å². The zero-order chi connectivity index (χ0) is 28.5. The molecule has 0 bridgehead atoms. The Hall–Kier alpha value is -3.79. The van der Waals surface area contributed by atoms with Gasteiger partial charge in [0.15, 0.2) is 0 Å². The highest BCUT2D eigenvalue weighted by atomic mass is 19.4. The molecule has 0 unspecified atom stereocenters. The van der Waals surface area contributed by atoms with Gasteiger partial charge in [0.2, 0.25) is 0 Å². The quantitative estimate of drug-likeness (QED) is 0.334. The molecular weight excluding hydrogens is 516 g/mol. The number of aromatic nitrogens is 4. The number of anilines is 2. The van der Waals surface area contributed by atoms with Crippen LogP contribution >= 0.6 is 0 Å². The van der Waals surface area contributed by atoms with E-state index in [4.69, 9.17) is 5.73 Å². The predicted molar refractivity (Wildman–Crippen MR) is 140 cm³/mol. The summed E-state index contributed by atoms with van der Waals surface area (Å²) in [7, 11) is 1.83. The lowest BCUT2D eigenvalue weighted by Crippen LogP contribution is -2.46. The minimum Gasteiger partial charge on any atom is -0.383 e. The molecule has 4 rings (SSSR count). The van der Waals surface area contributed by atoms with Crippen molar-refractivity contribution in [1.82, 2.24) is 29.6 Å². The van der Waals surface area contributed by atoms with Crippen molar-refractivity contribution in [3.8, 4) is 11.8 Å². The van der Waals surface area contributed by atoms with Crippen molar-refractivity contribution in [2.45, 2.75) is 57.5 Å². The Morgan fingerprint density at radius 2 is 2.00 bits per heavy atom. The highest BCUT2D eigenvalue weighted by Crippen LogP contribution is 2.29. The molecule has 1 amide bonds. The second-order valence-electron chi connectivity index (χ2n) is 10.7. The molecule has 0 aromatic carbocycles. The number of carbonyl (C=O) groups is 1. The zero-order valence-electron chi connectivity index (χ0n) is 22.2. The Kier molecular flexibility index (Phi) is 7.79. The number of nitrogens with one attached hydrogen (secondary N) is 2. The van der Waals surface area contributed by atoms with E-state index in [9.17, 15) is 22.4 Å². The van der Waals surface area contributed by atoms with E-state index in [0.29, 0.717) is 18.8 Å². The molecule has 3 aromatic rings. The fraction of sp³-hybridized carbons (Fsp3) is 0.500. The monoisotopic (exact) mass is 548 g/mol. The number of likely N-dealkylation sites (tertiary alicyclic amines) is 1. The molecule has 13 heteroatoms. The second-order valence-corrected chi connectivity index (χ2v) is 10.7. The van der Waals surface area contributed by atoms with E-state index in [1.165, 1.54) is 21.5 Å². The topological polar surface area (TPSA) is 106 Å². The van der Waals surface area contributed by atoms with Gasteiger partial charge in [-0.1, -0.05) is 12.0 Å². The van der Waals surface area contributed by atoms with Gasteiger partial charge in [0.1, 0.15) is 29.1 Å². The maximum Gasteiger partial charge on any atom is 0.393 e. The second kappa shape index (κ2) is 10.8. The van der Waals surface area contributed by atoms with Crippen LogP contribution in [-0.2, 0) is 12.0 Å². The Balaban J connectivity index is 1.57. The number of nitrogens with two attached hydrogens (primary N) is 1. The number of pyridine rings is 1. The van der Waals surface area contributed by atoms with E-state index < -0.39 is 36.3 Å². The van der Waals surface area contributed by atoms with Crippen molar-refractivity contribution in [1.29, 1.82) is 0 Å². The lowest BCUT2D eigenvalue weighted by atomic mass is 10.0. The van der Waals surface area contributed by atoms with Crippen LogP contribution in [0.4, 0.5) is 29.2 Å². The summed E-state index contributed by atoms with van der Waals surface area (Å²) in [6, 6.07) is 4.26. The van der Waals surface area contributed by atoms with Crippen LogP contribution in [0.25, 0.3) is 5.52 Å². The lowest BCUT2D eigenvalue weighted by molar-refractivity contribution is -0.127.